The van der Waals surface area contributed by atoms with E-state index in [0.717, 1.165) is 45.0 Å². The highest BCUT2D eigenvalue weighted by molar-refractivity contribution is 5.90. The summed E-state index contributed by atoms with van der Waals surface area (Å²) in [6, 6.07) is 23.2. The number of nitrogens with zero attached hydrogens (tertiary/aromatic N) is 1. The third-order valence-electron chi connectivity index (χ3n) is 4.71. The zero-order chi connectivity index (χ0) is 20.2. The molecule has 0 aliphatic rings. The summed E-state index contributed by atoms with van der Waals surface area (Å²) in [5.41, 5.74) is 10.3. The van der Waals surface area contributed by atoms with Crippen molar-refractivity contribution in [1.29, 1.82) is 0 Å². The van der Waals surface area contributed by atoms with E-state index in [-0.39, 0.29) is 0 Å². The molecule has 0 radical (unpaired) electrons. The summed E-state index contributed by atoms with van der Waals surface area (Å²) in [6.07, 6.45) is 0. The lowest BCUT2D eigenvalue weighted by molar-refractivity contribution is 0.309. The SMILES string of the molecule is COc1ccc(COc2cc(-c3cccc(OC)c3)nc3ccc(N)cc23)cc1. The molecule has 146 valence electrons. The number of hydrogen-bond acceptors (Lipinski definition) is 5. The molecule has 0 aliphatic heterocycles. The number of nitrogen functional groups attached to an aromatic ring is 1. The van der Waals surface area contributed by atoms with Gasteiger partial charge in [-0.15, -0.1) is 0 Å². The van der Waals surface area contributed by atoms with Crippen LogP contribution in [0.5, 0.6) is 17.2 Å². The van der Waals surface area contributed by atoms with Gasteiger partial charge >= 0.3 is 0 Å². The highest BCUT2D eigenvalue weighted by atomic mass is 16.5. The molecule has 1 heterocycles. The Morgan fingerprint density at radius 1 is 0.828 bits per heavy atom. The zero-order valence-electron chi connectivity index (χ0n) is 16.4. The van der Waals surface area contributed by atoms with Crippen LogP contribution in [0, 0.1) is 0 Å². The molecule has 4 aromatic rings. The van der Waals surface area contributed by atoms with Gasteiger partial charge in [0.2, 0.25) is 0 Å². The van der Waals surface area contributed by atoms with E-state index in [0.29, 0.717) is 12.3 Å². The van der Waals surface area contributed by atoms with Gasteiger partial charge in [0, 0.05) is 22.7 Å². The van der Waals surface area contributed by atoms with E-state index in [9.17, 15) is 0 Å². The smallest absolute Gasteiger partial charge is 0.131 e. The Balaban J connectivity index is 1.72. The lowest BCUT2D eigenvalue weighted by atomic mass is 10.1. The van der Waals surface area contributed by atoms with Crippen LogP contribution >= 0.6 is 0 Å². The normalized spacial score (nSPS) is 10.7. The van der Waals surface area contributed by atoms with Gasteiger partial charge in [-0.2, -0.15) is 0 Å². The molecule has 1 aromatic heterocycles. The van der Waals surface area contributed by atoms with Crippen LogP contribution in [0.3, 0.4) is 0 Å². The number of pyridine rings is 1. The average Bonchev–Trinajstić information content (AvgIpc) is 2.77. The third kappa shape index (κ3) is 4.09. The fraction of sp³-hybridized carbons (Fsp3) is 0.125. The summed E-state index contributed by atoms with van der Waals surface area (Å²) >= 11 is 0. The van der Waals surface area contributed by atoms with Crippen molar-refractivity contribution in [3.8, 4) is 28.5 Å². The fourth-order valence-electron chi connectivity index (χ4n) is 3.15. The second-order valence-electron chi connectivity index (χ2n) is 6.65. The van der Waals surface area contributed by atoms with Crippen molar-refractivity contribution >= 4 is 16.6 Å². The van der Waals surface area contributed by atoms with E-state index in [1.54, 1.807) is 14.2 Å². The van der Waals surface area contributed by atoms with Gasteiger partial charge in [-0.05, 0) is 48.0 Å². The van der Waals surface area contributed by atoms with Crippen LogP contribution in [-0.2, 0) is 6.61 Å². The molecule has 0 amide bonds. The molecule has 29 heavy (non-hydrogen) atoms. The second kappa shape index (κ2) is 8.10. The minimum absolute atomic E-state index is 0.426. The van der Waals surface area contributed by atoms with Crippen molar-refractivity contribution in [2.45, 2.75) is 6.61 Å². The number of aromatic nitrogens is 1. The molecule has 0 saturated carbocycles. The van der Waals surface area contributed by atoms with E-state index >= 15 is 0 Å². The maximum Gasteiger partial charge on any atom is 0.131 e. The first kappa shape index (κ1) is 18.6. The van der Waals surface area contributed by atoms with Gasteiger partial charge < -0.3 is 19.9 Å². The first-order valence-corrected chi connectivity index (χ1v) is 9.27. The van der Waals surface area contributed by atoms with Gasteiger partial charge in [-0.3, -0.25) is 0 Å². The highest BCUT2D eigenvalue weighted by Gasteiger charge is 2.11. The van der Waals surface area contributed by atoms with E-state index in [1.165, 1.54) is 0 Å². The van der Waals surface area contributed by atoms with Crippen LogP contribution in [0.4, 0.5) is 5.69 Å². The predicted molar refractivity (Wildman–Crippen MR) is 115 cm³/mol. The summed E-state index contributed by atoms with van der Waals surface area (Å²) in [5.74, 6) is 2.33. The molecule has 3 aromatic carbocycles. The maximum atomic E-state index is 6.18. The topological polar surface area (TPSA) is 66.6 Å². The number of ether oxygens (including phenoxy) is 3. The highest BCUT2D eigenvalue weighted by Crippen LogP contribution is 2.33. The van der Waals surface area contributed by atoms with Gasteiger partial charge in [0.15, 0.2) is 0 Å². The Labute approximate surface area is 169 Å². The molecule has 0 spiro atoms. The number of benzene rings is 3. The van der Waals surface area contributed by atoms with Gasteiger partial charge in [0.05, 0.1) is 25.4 Å². The zero-order valence-corrected chi connectivity index (χ0v) is 16.4. The number of methoxy groups -OCH3 is 2. The molecule has 0 fully saturated rings. The van der Waals surface area contributed by atoms with Crippen LogP contribution < -0.4 is 19.9 Å². The van der Waals surface area contributed by atoms with Crippen molar-refractivity contribution in [1.82, 2.24) is 4.98 Å². The Kier molecular flexibility index (Phi) is 5.20. The predicted octanol–water partition coefficient (Wildman–Crippen LogP) is 5.08. The fourth-order valence-corrected chi connectivity index (χ4v) is 3.15. The van der Waals surface area contributed by atoms with E-state index in [2.05, 4.69) is 0 Å². The Morgan fingerprint density at radius 3 is 2.38 bits per heavy atom. The van der Waals surface area contributed by atoms with Crippen LogP contribution in [0.25, 0.3) is 22.2 Å². The Hall–Kier alpha value is -3.73. The van der Waals surface area contributed by atoms with E-state index < -0.39 is 0 Å². The average molecular weight is 386 g/mol. The molecule has 2 N–H and O–H groups in total. The number of hydrogen-bond donors (Lipinski definition) is 1. The molecule has 0 aliphatic carbocycles. The quantitative estimate of drug-likeness (QED) is 0.468. The molecule has 0 saturated heterocycles. The summed E-state index contributed by atoms with van der Waals surface area (Å²) in [6.45, 7) is 0.426. The molecule has 0 atom stereocenters. The Bertz CT molecular complexity index is 1140. The standard InChI is InChI=1S/C24H22N2O3/c1-27-19-9-6-16(7-10-19)15-29-24-14-23(17-4-3-5-20(12-17)28-2)26-22-11-8-18(25)13-21(22)24/h3-14H,15,25H2,1-2H3. The van der Waals surface area contributed by atoms with Crippen LogP contribution in [0.15, 0.2) is 72.8 Å². The third-order valence-corrected chi connectivity index (χ3v) is 4.71. The molecule has 4 rings (SSSR count). The van der Waals surface area contributed by atoms with Crippen LogP contribution in [0.2, 0.25) is 0 Å². The largest absolute Gasteiger partial charge is 0.497 e. The van der Waals surface area contributed by atoms with Crippen LogP contribution in [0.1, 0.15) is 5.56 Å². The maximum absolute atomic E-state index is 6.18. The summed E-state index contributed by atoms with van der Waals surface area (Å²) < 4.78 is 16.7. The van der Waals surface area contributed by atoms with Gasteiger partial charge in [0.25, 0.3) is 0 Å². The molecular formula is C24H22N2O3. The lowest BCUT2D eigenvalue weighted by Crippen LogP contribution is -1.98. The van der Waals surface area contributed by atoms with Crippen molar-refractivity contribution in [3.63, 3.8) is 0 Å². The van der Waals surface area contributed by atoms with E-state index in [4.69, 9.17) is 24.9 Å². The summed E-state index contributed by atoms with van der Waals surface area (Å²) in [7, 11) is 3.30. The first-order valence-electron chi connectivity index (χ1n) is 9.27. The number of rotatable bonds is 6. The van der Waals surface area contributed by atoms with Crippen molar-refractivity contribution in [2.75, 3.05) is 20.0 Å². The summed E-state index contributed by atoms with van der Waals surface area (Å²) in [5, 5.41) is 0.880. The first-order chi connectivity index (χ1) is 14.2. The van der Waals surface area contributed by atoms with E-state index in [1.807, 2.05) is 72.8 Å². The Morgan fingerprint density at radius 2 is 1.62 bits per heavy atom. The van der Waals surface area contributed by atoms with Crippen molar-refractivity contribution < 1.29 is 14.2 Å². The molecular weight excluding hydrogens is 364 g/mol. The monoisotopic (exact) mass is 386 g/mol. The lowest BCUT2D eigenvalue weighted by Gasteiger charge is -2.13. The number of nitrogens with two attached hydrogens (primary N) is 1. The number of fused-ring (bicyclic) bond motifs is 1. The molecule has 5 heteroatoms. The molecule has 0 unspecified atom stereocenters. The van der Waals surface area contributed by atoms with Crippen molar-refractivity contribution in [2.24, 2.45) is 0 Å². The van der Waals surface area contributed by atoms with Gasteiger partial charge in [0.1, 0.15) is 23.9 Å². The second-order valence-corrected chi connectivity index (χ2v) is 6.65. The minimum atomic E-state index is 0.426. The van der Waals surface area contributed by atoms with Crippen molar-refractivity contribution in [3.05, 3.63) is 78.4 Å². The number of anilines is 1. The van der Waals surface area contributed by atoms with Gasteiger partial charge in [-0.25, -0.2) is 4.98 Å². The molecule has 0 bridgehead atoms. The summed E-state index contributed by atoms with van der Waals surface area (Å²) in [4.78, 5) is 4.79. The molecule has 5 nitrogen and oxygen atoms in total. The van der Waals surface area contributed by atoms with Gasteiger partial charge in [-0.1, -0.05) is 24.3 Å². The minimum Gasteiger partial charge on any atom is -0.497 e. The van der Waals surface area contributed by atoms with Crippen LogP contribution in [-0.4, -0.2) is 19.2 Å².